The summed E-state index contributed by atoms with van der Waals surface area (Å²) in [6.07, 6.45) is 0.759. The van der Waals surface area contributed by atoms with Crippen molar-refractivity contribution in [2.45, 2.75) is 32.7 Å². The molecule has 0 atom stereocenters. The summed E-state index contributed by atoms with van der Waals surface area (Å²) in [5.41, 5.74) is 0.576. The van der Waals surface area contributed by atoms with E-state index in [1.165, 1.54) is 5.56 Å². The van der Waals surface area contributed by atoms with Crippen LogP contribution in [0.25, 0.3) is 0 Å². The second-order valence-electron chi connectivity index (χ2n) is 4.53. The Hall–Kier alpha value is -1.35. The average molecular weight is 235 g/mol. The van der Waals surface area contributed by atoms with Crippen LogP contribution in [0.15, 0.2) is 30.3 Å². The number of esters is 1. The van der Waals surface area contributed by atoms with Crippen LogP contribution in [0.5, 0.6) is 0 Å². The van der Waals surface area contributed by atoms with Crippen molar-refractivity contribution < 1.29 is 9.53 Å². The van der Waals surface area contributed by atoms with E-state index in [0.717, 1.165) is 13.0 Å². The maximum Gasteiger partial charge on any atom is 0.325 e. The van der Waals surface area contributed by atoms with Gasteiger partial charge in [-0.25, -0.2) is 0 Å². The fraction of sp³-hybridized carbons (Fsp3) is 0.500. The molecule has 0 aliphatic carbocycles. The number of rotatable bonds is 6. The van der Waals surface area contributed by atoms with Gasteiger partial charge in [-0.3, -0.25) is 4.79 Å². The number of ether oxygens (including phenoxy) is 1. The van der Waals surface area contributed by atoms with Crippen LogP contribution < -0.4 is 5.32 Å². The van der Waals surface area contributed by atoms with Gasteiger partial charge in [0.15, 0.2) is 0 Å². The van der Waals surface area contributed by atoms with Crippen molar-refractivity contribution in [1.29, 1.82) is 0 Å². The van der Waals surface area contributed by atoms with Crippen molar-refractivity contribution in [2.24, 2.45) is 0 Å². The van der Waals surface area contributed by atoms with E-state index in [9.17, 15) is 4.79 Å². The summed E-state index contributed by atoms with van der Waals surface area (Å²) in [6, 6.07) is 10.0. The van der Waals surface area contributed by atoms with Crippen LogP contribution in [0, 0.1) is 0 Å². The molecule has 3 nitrogen and oxygen atoms in total. The standard InChI is InChI=1S/C14H21NO2/c1-4-15-14(2,3)13(16)17-11-10-12-8-6-5-7-9-12/h5-9,15H,4,10-11H2,1-3H3. The van der Waals surface area contributed by atoms with Crippen LogP contribution in [-0.2, 0) is 16.0 Å². The molecule has 94 valence electrons. The highest BCUT2D eigenvalue weighted by Gasteiger charge is 2.27. The van der Waals surface area contributed by atoms with Crippen LogP contribution in [-0.4, -0.2) is 24.7 Å². The Kier molecular flexibility index (Phi) is 5.16. The molecule has 0 unspecified atom stereocenters. The minimum atomic E-state index is -0.606. The summed E-state index contributed by atoms with van der Waals surface area (Å²) >= 11 is 0. The zero-order valence-electron chi connectivity index (χ0n) is 10.8. The number of likely N-dealkylation sites (N-methyl/N-ethyl adjacent to an activating group) is 1. The SMILES string of the molecule is CCNC(C)(C)C(=O)OCCc1ccccc1. The minimum absolute atomic E-state index is 0.199. The van der Waals surface area contributed by atoms with Gasteiger partial charge in [-0.05, 0) is 26.0 Å². The van der Waals surface area contributed by atoms with E-state index >= 15 is 0 Å². The highest BCUT2D eigenvalue weighted by atomic mass is 16.5. The summed E-state index contributed by atoms with van der Waals surface area (Å²) in [5, 5.41) is 3.10. The molecule has 0 spiro atoms. The fourth-order valence-corrected chi connectivity index (χ4v) is 1.60. The van der Waals surface area contributed by atoms with Crippen molar-refractivity contribution in [3.8, 4) is 0 Å². The molecule has 0 saturated heterocycles. The topological polar surface area (TPSA) is 38.3 Å². The summed E-state index contributed by atoms with van der Waals surface area (Å²) in [5.74, 6) is -0.199. The first-order valence-corrected chi connectivity index (χ1v) is 6.02. The molecule has 1 aromatic rings. The van der Waals surface area contributed by atoms with Crippen LogP contribution in [0.1, 0.15) is 26.3 Å². The maximum absolute atomic E-state index is 11.8. The minimum Gasteiger partial charge on any atom is -0.464 e. The average Bonchev–Trinajstić information content (AvgIpc) is 2.30. The molecule has 0 aromatic heterocycles. The van der Waals surface area contributed by atoms with Gasteiger partial charge < -0.3 is 10.1 Å². The van der Waals surface area contributed by atoms with Gasteiger partial charge in [-0.2, -0.15) is 0 Å². The van der Waals surface area contributed by atoms with E-state index in [4.69, 9.17) is 4.74 Å². The van der Waals surface area contributed by atoms with E-state index in [1.807, 2.05) is 51.1 Å². The van der Waals surface area contributed by atoms with Crippen LogP contribution >= 0.6 is 0 Å². The van der Waals surface area contributed by atoms with Crippen molar-refractivity contribution in [3.05, 3.63) is 35.9 Å². The Labute approximate surface area is 103 Å². The molecule has 1 rings (SSSR count). The largest absolute Gasteiger partial charge is 0.464 e. The molecular formula is C14H21NO2. The maximum atomic E-state index is 11.8. The molecule has 0 radical (unpaired) electrons. The third kappa shape index (κ3) is 4.57. The second kappa shape index (κ2) is 6.40. The number of nitrogens with one attached hydrogen (secondary N) is 1. The van der Waals surface area contributed by atoms with Crippen LogP contribution in [0.4, 0.5) is 0 Å². The lowest BCUT2D eigenvalue weighted by Crippen LogP contribution is -2.47. The van der Waals surface area contributed by atoms with Gasteiger partial charge in [0.25, 0.3) is 0 Å². The first-order valence-electron chi connectivity index (χ1n) is 6.02. The van der Waals surface area contributed by atoms with E-state index in [-0.39, 0.29) is 5.97 Å². The molecule has 0 aliphatic heterocycles. The number of benzene rings is 1. The molecule has 3 heteroatoms. The van der Waals surface area contributed by atoms with Gasteiger partial charge in [0.2, 0.25) is 0 Å². The predicted octanol–water partition coefficient (Wildman–Crippen LogP) is 2.16. The normalized spacial score (nSPS) is 11.2. The highest BCUT2D eigenvalue weighted by molar-refractivity contribution is 5.79. The molecule has 0 bridgehead atoms. The van der Waals surface area contributed by atoms with Crippen molar-refractivity contribution >= 4 is 5.97 Å². The molecule has 0 saturated carbocycles. The number of carbonyl (C=O) groups excluding carboxylic acids is 1. The van der Waals surface area contributed by atoms with Crippen molar-refractivity contribution in [1.82, 2.24) is 5.32 Å². The van der Waals surface area contributed by atoms with Gasteiger partial charge in [0.1, 0.15) is 5.54 Å². The Balaban J connectivity index is 2.34. The van der Waals surface area contributed by atoms with Crippen LogP contribution in [0.2, 0.25) is 0 Å². The first kappa shape index (κ1) is 13.7. The second-order valence-corrected chi connectivity index (χ2v) is 4.53. The van der Waals surface area contributed by atoms with Gasteiger partial charge in [-0.15, -0.1) is 0 Å². The molecule has 17 heavy (non-hydrogen) atoms. The number of hydrogen-bond acceptors (Lipinski definition) is 3. The zero-order chi connectivity index (χ0) is 12.7. The van der Waals surface area contributed by atoms with Gasteiger partial charge in [0, 0.05) is 6.42 Å². The summed E-state index contributed by atoms with van der Waals surface area (Å²) in [4.78, 5) is 11.8. The zero-order valence-corrected chi connectivity index (χ0v) is 10.8. The smallest absolute Gasteiger partial charge is 0.325 e. The van der Waals surface area contributed by atoms with E-state index in [0.29, 0.717) is 6.61 Å². The summed E-state index contributed by atoms with van der Waals surface area (Å²) in [6.45, 7) is 6.82. The lowest BCUT2D eigenvalue weighted by molar-refractivity contribution is -0.150. The molecule has 1 aromatic carbocycles. The van der Waals surface area contributed by atoms with E-state index in [2.05, 4.69) is 5.32 Å². The Morgan fingerprint density at radius 1 is 1.29 bits per heavy atom. The molecule has 1 N–H and O–H groups in total. The number of carbonyl (C=O) groups is 1. The molecule has 0 heterocycles. The first-order chi connectivity index (χ1) is 8.06. The molecular weight excluding hydrogens is 214 g/mol. The third-order valence-electron chi connectivity index (χ3n) is 2.60. The fourth-order valence-electron chi connectivity index (χ4n) is 1.60. The van der Waals surface area contributed by atoms with Crippen molar-refractivity contribution in [3.63, 3.8) is 0 Å². The lowest BCUT2D eigenvalue weighted by Gasteiger charge is -2.23. The third-order valence-corrected chi connectivity index (χ3v) is 2.60. The Morgan fingerprint density at radius 2 is 1.94 bits per heavy atom. The molecule has 0 amide bonds. The quantitative estimate of drug-likeness (QED) is 0.768. The Morgan fingerprint density at radius 3 is 2.53 bits per heavy atom. The summed E-state index contributed by atoms with van der Waals surface area (Å²) in [7, 11) is 0. The predicted molar refractivity (Wildman–Crippen MR) is 68.9 cm³/mol. The molecule has 0 fully saturated rings. The van der Waals surface area contributed by atoms with Gasteiger partial charge in [-0.1, -0.05) is 37.3 Å². The van der Waals surface area contributed by atoms with Gasteiger partial charge >= 0.3 is 5.97 Å². The number of hydrogen-bond donors (Lipinski definition) is 1. The van der Waals surface area contributed by atoms with Crippen molar-refractivity contribution in [2.75, 3.05) is 13.2 Å². The molecule has 0 aliphatic rings. The van der Waals surface area contributed by atoms with Gasteiger partial charge in [0.05, 0.1) is 6.61 Å². The highest BCUT2D eigenvalue weighted by Crippen LogP contribution is 2.06. The monoisotopic (exact) mass is 235 g/mol. The summed E-state index contributed by atoms with van der Waals surface area (Å²) < 4.78 is 5.26. The Bertz CT molecular complexity index is 346. The van der Waals surface area contributed by atoms with E-state index < -0.39 is 5.54 Å². The van der Waals surface area contributed by atoms with E-state index in [1.54, 1.807) is 0 Å². The van der Waals surface area contributed by atoms with Crippen LogP contribution in [0.3, 0.4) is 0 Å². The lowest BCUT2D eigenvalue weighted by atomic mass is 10.1.